The van der Waals surface area contributed by atoms with Gasteiger partial charge in [-0.3, -0.25) is 9.80 Å². The van der Waals surface area contributed by atoms with Crippen LogP contribution in [0.4, 0.5) is 0 Å². The quantitative estimate of drug-likeness (QED) is 0.730. The van der Waals surface area contributed by atoms with Gasteiger partial charge in [0, 0.05) is 29.7 Å². The molecule has 0 aromatic heterocycles. The number of rotatable bonds is 4. The first kappa shape index (κ1) is 18.9. The van der Waals surface area contributed by atoms with Crippen molar-refractivity contribution in [1.29, 1.82) is 0 Å². The minimum absolute atomic E-state index is 0.0161. The van der Waals surface area contributed by atoms with E-state index in [1.807, 2.05) is 19.1 Å². The Balaban J connectivity index is 1.47. The number of ether oxygens (including phenoxy) is 1. The molecular formula is C23H32N4O2. The number of carbonyl (C=O) groups excluding carboxylic acids is 1. The first-order chi connectivity index (χ1) is 14.3. The second-order valence-electron chi connectivity index (χ2n) is 8.74. The van der Waals surface area contributed by atoms with Crippen LogP contribution in [0.15, 0.2) is 36.0 Å². The van der Waals surface area contributed by atoms with Crippen LogP contribution in [0.2, 0.25) is 0 Å². The Labute approximate surface area is 173 Å². The molecule has 3 aliphatic heterocycles. The number of hydrazine groups is 1. The van der Waals surface area contributed by atoms with Gasteiger partial charge in [0.15, 0.2) is 0 Å². The summed E-state index contributed by atoms with van der Waals surface area (Å²) in [6.07, 6.45) is 7.52. The van der Waals surface area contributed by atoms with Crippen molar-refractivity contribution in [3.8, 4) is 5.75 Å². The second-order valence-corrected chi connectivity index (χ2v) is 8.74. The molecule has 3 heterocycles. The zero-order valence-corrected chi connectivity index (χ0v) is 17.2. The van der Waals surface area contributed by atoms with Crippen molar-refractivity contribution >= 4 is 5.91 Å². The highest BCUT2D eigenvalue weighted by atomic mass is 16.5. The van der Waals surface area contributed by atoms with Crippen LogP contribution in [-0.2, 0) is 4.79 Å². The maximum absolute atomic E-state index is 12.7. The number of allylic oxidation sites excluding steroid dienone is 1. The van der Waals surface area contributed by atoms with Crippen molar-refractivity contribution in [1.82, 2.24) is 21.1 Å². The zero-order chi connectivity index (χ0) is 19.8. The maximum Gasteiger partial charge on any atom is 0.247 e. The number of para-hydroxylation sites is 1. The van der Waals surface area contributed by atoms with E-state index in [0.29, 0.717) is 30.4 Å². The van der Waals surface area contributed by atoms with Gasteiger partial charge < -0.3 is 15.4 Å². The Bertz CT molecular complexity index is 789. The van der Waals surface area contributed by atoms with Crippen molar-refractivity contribution in [2.45, 2.75) is 57.2 Å². The monoisotopic (exact) mass is 396 g/mol. The third-order valence-electron chi connectivity index (χ3n) is 7.13. The minimum Gasteiger partial charge on any atom is -0.494 e. The predicted octanol–water partition coefficient (Wildman–Crippen LogP) is 2.50. The third kappa shape index (κ3) is 3.42. The van der Waals surface area contributed by atoms with Crippen LogP contribution >= 0.6 is 0 Å². The Morgan fingerprint density at radius 1 is 1.14 bits per heavy atom. The van der Waals surface area contributed by atoms with Crippen LogP contribution < -0.4 is 20.8 Å². The van der Waals surface area contributed by atoms with Crippen molar-refractivity contribution in [2.75, 3.05) is 19.7 Å². The Morgan fingerprint density at radius 3 is 2.79 bits per heavy atom. The van der Waals surface area contributed by atoms with Crippen LogP contribution in [0, 0.1) is 11.8 Å². The fourth-order valence-corrected chi connectivity index (χ4v) is 5.90. The normalized spacial score (nSPS) is 32.2. The first-order valence-electron chi connectivity index (χ1n) is 11.3. The molecule has 0 radical (unpaired) electrons. The number of carbonyl (C=O) groups is 1. The molecule has 4 aliphatic rings. The van der Waals surface area contributed by atoms with Gasteiger partial charge >= 0.3 is 0 Å². The smallest absolute Gasteiger partial charge is 0.247 e. The minimum atomic E-state index is 0.0161. The van der Waals surface area contributed by atoms with E-state index in [2.05, 4.69) is 39.3 Å². The summed E-state index contributed by atoms with van der Waals surface area (Å²) in [5, 5.41) is 9.04. The lowest BCUT2D eigenvalue weighted by molar-refractivity contribution is -0.120. The van der Waals surface area contributed by atoms with Gasteiger partial charge in [-0.15, -0.1) is 0 Å². The number of hydrogen-bond acceptors (Lipinski definition) is 5. The van der Waals surface area contributed by atoms with E-state index in [1.165, 1.54) is 17.7 Å². The second kappa shape index (κ2) is 8.00. The molecule has 4 atom stereocenters. The molecule has 0 spiro atoms. The summed E-state index contributed by atoms with van der Waals surface area (Å²) >= 11 is 0. The van der Waals surface area contributed by atoms with Gasteiger partial charge in [-0.25, -0.2) is 5.43 Å². The lowest BCUT2D eigenvalue weighted by Crippen LogP contribution is -2.54. The molecule has 156 valence electrons. The van der Waals surface area contributed by atoms with Crippen LogP contribution in [0.25, 0.3) is 0 Å². The van der Waals surface area contributed by atoms with Crippen LogP contribution in [-0.4, -0.2) is 42.8 Å². The molecule has 1 amide bonds. The Hall–Kier alpha value is -2.05. The molecule has 29 heavy (non-hydrogen) atoms. The van der Waals surface area contributed by atoms with Gasteiger partial charge in [0.05, 0.1) is 6.61 Å². The molecule has 5 rings (SSSR count). The lowest BCUT2D eigenvalue weighted by Gasteiger charge is -2.41. The fraction of sp³-hybridized carbons (Fsp3) is 0.609. The van der Waals surface area contributed by atoms with Gasteiger partial charge in [-0.2, -0.15) is 0 Å². The number of nitrogens with zero attached hydrogens (tertiary/aromatic N) is 1. The Kier molecular flexibility index (Phi) is 5.22. The number of nitrogens with one attached hydrogen (secondary N) is 3. The average molecular weight is 397 g/mol. The molecule has 1 aliphatic carbocycles. The van der Waals surface area contributed by atoms with E-state index < -0.39 is 0 Å². The van der Waals surface area contributed by atoms with Crippen LogP contribution in [0.5, 0.6) is 5.75 Å². The van der Waals surface area contributed by atoms with Gasteiger partial charge in [0.25, 0.3) is 0 Å². The summed E-state index contributed by atoms with van der Waals surface area (Å²) in [5.74, 6) is 2.23. The SMILES string of the molecule is CCOc1ccccc1C1CCCC2NN3C(C4CCNCC4)=CC(=O)NC3C21. The van der Waals surface area contributed by atoms with Crippen molar-refractivity contribution in [3.63, 3.8) is 0 Å². The van der Waals surface area contributed by atoms with Gasteiger partial charge in [0.2, 0.25) is 5.91 Å². The molecule has 6 heteroatoms. The molecule has 2 saturated heterocycles. The van der Waals surface area contributed by atoms with Crippen LogP contribution in [0.3, 0.4) is 0 Å². The summed E-state index contributed by atoms with van der Waals surface area (Å²) in [7, 11) is 0. The molecule has 4 unspecified atom stereocenters. The Morgan fingerprint density at radius 2 is 1.97 bits per heavy atom. The molecule has 1 saturated carbocycles. The average Bonchev–Trinajstić information content (AvgIpc) is 3.13. The standard InChI is InChI=1S/C23H32N4O2/c1-2-29-20-9-4-3-6-16(20)17-7-5-8-18-22(17)23-25-21(28)14-19(27(23)26-18)15-10-12-24-13-11-15/h3-4,6,9,14-15,17-18,22-24,26H,2,5,7-8,10-13H2,1H3,(H,25,28). The van der Waals surface area contributed by atoms with E-state index in [9.17, 15) is 4.79 Å². The third-order valence-corrected chi connectivity index (χ3v) is 7.13. The summed E-state index contributed by atoms with van der Waals surface area (Å²) in [6.45, 7) is 4.76. The van der Waals surface area contributed by atoms with Crippen molar-refractivity contribution in [3.05, 3.63) is 41.6 Å². The number of fused-ring (bicyclic) bond motifs is 3. The predicted molar refractivity (Wildman–Crippen MR) is 112 cm³/mol. The van der Waals surface area contributed by atoms with E-state index in [4.69, 9.17) is 4.74 Å². The molecule has 3 fully saturated rings. The van der Waals surface area contributed by atoms with Crippen LogP contribution in [0.1, 0.15) is 50.5 Å². The highest BCUT2D eigenvalue weighted by Gasteiger charge is 2.51. The number of benzene rings is 1. The first-order valence-corrected chi connectivity index (χ1v) is 11.3. The zero-order valence-electron chi connectivity index (χ0n) is 17.2. The highest BCUT2D eigenvalue weighted by molar-refractivity contribution is 5.89. The maximum atomic E-state index is 12.7. The summed E-state index contributed by atoms with van der Waals surface area (Å²) in [6, 6.07) is 8.85. The van der Waals surface area contributed by atoms with Gasteiger partial charge in [-0.1, -0.05) is 24.6 Å². The molecule has 1 aromatic carbocycles. The molecule has 6 nitrogen and oxygen atoms in total. The van der Waals surface area contributed by atoms with Crippen molar-refractivity contribution in [2.24, 2.45) is 11.8 Å². The lowest BCUT2D eigenvalue weighted by atomic mass is 9.71. The summed E-state index contributed by atoms with van der Waals surface area (Å²) in [5.41, 5.74) is 6.28. The van der Waals surface area contributed by atoms with E-state index >= 15 is 0 Å². The fourth-order valence-electron chi connectivity index (χ4n) is 5.90. The van der Waals surface area contributed by atoms with E-state index in [0.717, 1.165) is 44.5 Å². The van der Waals surface area contributed by atoms with E-state index in [1.54, 1.807) is 0 Å². The topological polar surface area (TPSA) is 65.6 Å². The molecule has 0 bridgehead atoms. The van der Waals surface area contributed by atoms with Gasteiger partial charge in [0.1, 0.15) is 11.9 Å². The molecule has 1 aromatic rings. The van der Waals surface area contributed by atoms with Crippen molar-refractivity contribution < 1.29 is 9.53 Å². The molecule has 3 N–H and O–H groups in total. The summed E-state index contributed by atoms with van der Waals surface area (Å²) in [4.78, 5) is 12.7. The summed E-state index contributed by atoms with van der Waals surface area (Å²) < 4.78 is 5.97. The largest absolute Gasteiger partial charge is 0.494 e. The highest BCUT2D eigenvalue weighted by Crippen LogP contribution is 2.48. The molecular weight excluding hydrogens is 364 g/mol. The van der Waals surface area contributed by atoms with E-state index in [-0.39, 0.29) is 12.1 Å². The number of hydrogen-bond donors (Lipinski definition) is 3. The number of piperidine rings is 1. The number of amides is 1. The van der Waals surface area contributed by atoms with Gasteiger partial charge in [-0.05, 0) is 63.2 Å².